The van der Waals surface area contributed by atoms with Gasteiger partial charge in [-0.1, -0.05) is 0 Å². The highest BCUT2D eigenvalue weighted by molar-refractivity contribution is 9.10. The molecule has 5 heteroatoms. The van der Waals surface area contributed by atoms with Gasteiger partial charge in [-0.05, 0) is 36.7 Å². The molecule has 18 heavy (non-hydrogen) atoms. The number of hydrogen-bond donors (Lipinski definition) is 0. The molecule has 0 atom stereocenters. The Morgan fingerprint density at radius 2 is 1.17 bits per heavy atom. The summed E-state index contributed by atoms with van der Waals surface area (Å²) in [5.74, 6) is 0.0314. The van der Waals surface area contributed by atoms with Crippen LogP contribution in [0.5, 0.6) is 11.5 Å². The average Bonchev–Trinajstić information content (AvgIpc) is 2.27. The Morgan fingerprint density at radius 3 is 1.44 bits per heavy atom. The smallest absolute Gasteiger partial charge is 0.308 e. The Kier molecular flexibility index (Phi) is 4.51. The Balaban J connectivity index is 3.48. The number of carbonyl (C=O) groups excluding carboxylic acids is 2. The van der Waals surface area contributed by atoms with Gasteiger partial charge in [0, 0.05) is 35.0 Å². The summed E-state index contributed by atoms with van der Waals surface area (Å²) in [6, 6.07) is 0. The van der Waals surface area contributed by atoms with Crippen LogP contribution in [0.2, 0.25) is 0 Å². The van der Waals surface area contributed by atoms with E-state index in [9.17, 15) is 9.59 Å². The van der Waals surface area contributed by atoms with Gasteiger partial charge in [-0.25, -0.2) is 0 Å². The van der Waals surface area contributed by atoms with Crippen molar-refractivity contribution in [2.24, 2.45) is 0 Å². The molecule has 0 spiro atoms. The van der Waals surface area contributed by atoms with E-state index in [1.54, 1.807) is 6.92 Å². The monoisotopic (exact) mass is 314 g/mol. The zero-order valence-corrected chi connectivity index (χ0v) is 12.6. The zero-order valence-electron chi connectivity index (χ0n) is 11.0. The molecule has 0 bridgehead atoms. The van der Waals surface area contributed by atoms with Gasteiger partial charge in [-0.2, -0.15) is 0 Å². The van der Waals surface area contributed by atoms with Crippen molar-refractivity contribution in [1.29, 1.82) is 0 Å². The third-order valence-corrected chi connectivity index (χ3v) is 3.70. The summed E-state index contributed by atoms with van der Waals surface area (Å²) in [4.78, 5) is 22.2. The first-order chi connectivity index (χ1) is 8.25. The van der Waals surface area contributed by atoms with Crippen molar-refractivity contribution >= 4 is 27.9 Å². The number of esters is 2. The standard InChI is InChI=1S/C13H15BrO4/c1-6-11(14)7(2)13(18-10(5)16)8(3)12(6)17-9(4)15/h1-5H3. The lowest BCUT2D eigenvalue weighted by Crippen LogP contribution is -2.10. The molecule has 0 saturated carbocycles. The minimum atomic E-state index is -0.411. The third-order valence-electron chi connectivity index (χ3n) is 2.51. The lowest BCUT2D eigenvalue weighted by atomic mass is 10.0. The fraction of sp³-hybridized carbons (Fsp3) is 0.385. The van der Waals surface area contributed by atoms with Crippen LogP contribution in [0.4, 0.5) is 0 Å². The molecule has 0 amide bonds. The van der Waals surface area contributed by atoms with Crippen molar-refractivity contribution in [1.82, 2.24) is 0 Å². The molecule has 98 valence electrons. The van der Waals surface area contributed by atoms with Crippen LogP contribution in [0.1, 0.15) is 30.5 Å². The molecule has 0 unspecified atom stereocenters. The molecule has 0 saturated heterocycles. The zero-order chi connectivity index (χ0) is 14.0. The minimum Gasteiger partial charge on any atom is -0.426 e. The van der Waals surface area contributed by atoms with Crippen LogP contribution in [0, 0.1) is 20.8 Å². The van der Waals surface area contributed by atoms with E-state index in [-0.39, 0.29) is 0 Å². The largest absolute Gasteiger partial charge is 0.426 e. The maximum atomic E-state index is 11.1. The number of carbonyl (C=O) groups is 2. The van der Waals surface area contributed by atoms with Crippen molar-refractivity contribution in [3.05, 3.63) is 21.2 Å². The lowest BCUT2D eigenvalue weighted by molar-refractivity contribution is -0.132. The molecule has 0 aromatic heterocycles. The van der Waals surface area contributed by atoms with Gasteiger partial charge in [0.1, 0.15) is 11.5 Å². The second-order valence-electron chi connectivity index (χ2n) is 4.03. The first-order valence-electron chi connectivity index (χ1n) is 5.41. The van der Waals surface area contributed by atoms with E-state index in [0.29, 0.717) is 17.1 Å². The van der Waals surface area contributed by atoms with Gasteiger partial charge in [-0.3, -0.25) is 9.59 Å². The van der Waals surface area contributed by atoms with Crippen LogP contribution in [-0.2, 0) is 9.59 Å². The molecule has 0 fully saturated rings. The van der Waals surface area contributed by atoms with Gasteiger partial charge in [-0.15, -0.1) is 0 Å². The van der Waals surface area contributed by atoms with Gasteiger partial charge in [0.25, 0.3) is 0 Å². The highest BCUT2D eigenvalue weighted by Gasteiger charge is 2.20. The maximum Gasteiger partial charge on any atom is 0.308 e. The Labute approximate surface area is 114 Å². The van der Waals surface area contributed by atoms with Gasteiger partial charge in [0.15, 0.2) is 0 Å². The summed E-state index contributed by atoms with van der Waals surface area (Å²) in [5.41, 5.74) is 2.24. The Hall–Kier alpha value is -1.36. The Morgan fingerprint density at radius 1 is 0.833 bits per heavy atom. The topological polar surface area (TPSA) is 52.6 Å². The van der Waals surface area contributed by atoms with Gasteiger partial charge in [0.2, 0.25) is 0 Å². The van der Waals surface area contributed by atoms with Crippen LogP contribution in [0.15, 0.2) is 4.47 Å². The van der Waals surface area contributed by atoms with Crippen molar-refractivity contribution in [2.75, 3.05) is 0 Å². The molecule has 1 aromatic rings. The van der Waals surface area contributed by atoms with E-state index in [1.807, 2.05) is 13.8 Å². The third kappa shape index (κ3) is 2.90. The fourth-order valence-corrected chi connectivity index (χ4v) is 2.10. The molecule has 0 aliphatic rings. The lowest BCUT2D eigenvalue weighted by Gasteiger charge is -2.17. The number of benzene rings is 1. The van der Waals surface area contributed by atoms with E-state index in [4.69, 9.17) is 9.47 Å². The summed E-state index contributed by atoms with van der Waals surface area (Å²) < 4.78 is 11.1. The van der Waals surface area contributed by atoms with Gasteiger partial charge in [0.05, 0.1) is 0 Å². The fourth-order valence-electron chi connectivity index (χ4n) is 1.74. The number of ether oxygens (including phenoxy) is 2. The highest BCUT2D eigenvalue weighted by Crippen LogP contribution is 2.40. The van der Waals surface area contributed by atoms with Crippen molar-refractivity contribution < 1.29 is 19.1 Å². The molecule has 0 heterocycles. The van der Waals surface area contributed by atoms with E-state index < -0.39 is 11.9 Å². The van der Waals surface area contributed by atoms with E-state index in [1.165, 1.54) is 13.8 Å². The van der Waals surface area contributed by atoms with E-state index in [2.05, 4.69) is 15.9 Å². The summed E-state index contributed by atoms with van der Waals surface area (Å²) in [7, 11) is 0. The average molecular weight is 315 g/mol. The molecule has 0 radical (unpaired) electrons. The predicted molar refractivity (Wildman–Crippen MR) is 71.0 cm³/mol. The molecule has 0 aliphatic carbocycles. The predicted octanol–water partition coefficient (Wildman–Crippen LogP) is 3.22. The first-order valence-corrected chi connectivity index (χ1v) is 6.21. The second-order valence-corrected chi connectivity index (χ2v) is 4.83. The minimum absolute atomic E-state index is 0.411. The molecule has 0 aliphatic heterocycles. The molecule has 1 aromatic carbocycles. The van der Waals surface area contributed by atoms with Crippen LogP contribution < -0.4 is 9.47 Å². The molecular weight excluding hydrogens is 300 g/mol. The Bertz CT molecular complexity index is 477. The van der Waals surface area contributed by atoms with Crippen LogP contribution in [-0.4, -0.2) is 11.9 Å². The van der Waals surface area contributed by atoms with Crippen LogP contribution in [0.25, 0.3) is 0 Å². The summed E-state index contributed by atoms with van der Waals surface area (Å²) >= 11 is 3.41. The van der Waals surface area contributed by atoms with Gasteiger partial charge < -0.3 is 9.47 Å². The second kappa shape index (κ2) is 5.52. The van der Waals surface area contributed by atoms with E-state index in [0.717, 1.165) is 15.6 Å². The van der Waals surface area contributed by atoms with Crippen LogP contribution >= 0.6 is 15.9 Å². The summed E-state index contributed by atoms with van der Waals surface area (Å²) in [6.45, 7) is 8.08. The summed E-state index contributed by atoms with van der Waals surface area (Å²) in [6.07, 6.45) is 0. The maximum absolute atomic E-state index is 11.1. The van der Waals surface area contributed by atoms with Crippen molar-refractivity contribution in [2.45, 2.75) is 34.6 Å². The molecule has 4 nitrogen and oxygen atoms in total. The molecule has 0 N–H and O–H groups in total. The molecule has 1 rings (SSSR count). The van der Waals surface area contributed by atoms with Gasteiger partial charge >= 0.3 is 11.9 Å². The molecular formula is C13H15BrO4. The van der Waals surface area contributed by atoms with Crippen molar-refractivity contribution in [3.8, 4) is 11.5 Å². The first kappa shape index (κ1) is 14.7. The SMILES string of the molecule is CC(=O)Oc1c(C)c(Br)c(C)c(OC(C)=O)c1C. The van der Waals surface area contributed by atoms with Crippen LogP contribution in [0.3, 0.4) is 0 Å². The number of halogens is 1. The number of rotatable bonds is 2. The summed E-state index contributed by atoms with van der Waals surface area (Å²) in [5, 5.41) is 0. The normalized spacial score (nSPS) is 10.1. The highest BCUT2D eigenvalue weighted by atomic mass is 79.9. The van der Waals surface area contributed by atoms with E-state index >= 15 is 0 Å². The quantitative estimate of drug-likeness (QED) is 0.621. The van der Waals surface area contributed by atoms with Crippen molar-refractivity contribution in [3.63, 3.8) is 0 Å². The number of hydrogen-bond acceptors (Lipinski definition) is 4.